The molecule has 0 radical (unpaired) electrons. The van der Waals surface area contributed by atoms with Gasteiger partial charge in [-0.3, -0.25) is 4.79 Å². The number of hydrogen-bond donors (Lipinski definition) is 1. The van der Waals surface area contributed by atoms with Gasteiger partial charge >= 0.3 is 0 Å². The maximum Gasteiger partial charge on any atom is 0.259 e. The van der Waals surface area contributed by atoms with E-state index in [0.717, 1.165) is 16.8 Å². The summed E-state index contributed by atoms with van der Waals surface area (Å²) >= 11 is 0. The molecule has 2 aromatic rings. The van der Waals surface area contributed by atoms with E-state index in [1.165, 1.54) is 0 Å². The summed E-state index contributed by atoms with van der Waals surface area (Å²) < 4.78 is 0. The van der Waals surface area contributed by atoms with Crippen molar-refractivity contribution in [3.05, 3.63) is 52.6 Å². The average Bonchev–Trinajstić information content (AvgIpc) is 2.34. The lowest BCUT2D eigenvalue weighted by atomic mass is 10.1. The highest BCUT2D eigenvalue weighted by atomic mass is 16.1. The molecule has 0 aliphatic heterocycles. The molecule has 2 rings (SSSR count). The van der Waals surface area contributed by atoms with Gasteiger partial charge < -0.3 is 5.32 Å². The standard InChI is InChI=1S/C15H17N3O/c1-9-6-5-7-14(10(9)2)18-15(19)13-8-16-12(4)17-11(13)3/h5-8H,1-4H3,(H,18,19). The van der Waals surface area contributed by atoms with E-state index in [-0.39, 0.29) is 5.91 Å². The third-order valence-corrected chi connectivity index (χ3v) is 3.20. The fourth-order valence-electron chi connectivity index (χ4n) is 1.88. The van der Waals surface area contributed by atoms with Gasteiger partial charge in [0.1, 0.15) is 5.82 Å². The van der Waals surface area contributed by atoms with E-state index in [1.807, 2.05) is 39.0 Å². The quantitative estimate of drug-likeness (QED) is 0.897. The summed E-state index contributed by atoms with van der Waals surface area (Å²) in [5, 5.41) is 2.91. The Bertz CT molecular complexity index is 635. The van der Waals surface area contributed by atoms with Crippen molar-refractivity contribution in [3.8, 4) is 0 Å². The lowest BCUT2D eigenvalue weighted by Gasteiger charge is -2.11. The highest BCUT2D eigenvalue weighted by molar-refractivity contribution is 6.05. The van der Waals surface area contributed by atoms with Gasteiger partial charge in [-0.1, -0.05) is 12.1 Å². The third-order valence-electron chi connectivity index (χ3n) is 3.20. The first-order chi connectivity index (χ1) is 8.99. The van der Waals surface area contributed by atoms with Crippen molar-refractivity contribution in [3.63, 3.8) is 0 Å². The Hall–Kier alpha value is -2.23. The summed E-state index contributed by atoms with van der Waals surface area (Å²) in [5.41, 5.74) is 4.24. The normalized spacial score (nSPS) is 10.3. The number of amides is 1. The summed E-state index contributed by atoms with van der Waals surface area (Å²) in [6.45, 7) is 7.63. The van der Waals surface area contributed by atoms with Crippen LogP contribution in [0.5, 0.6) is 0 Å². The Morgan fingerprint density at radius 3 is 2.58 bits per heavy atom. The minimum atomic E-state index is -0.175. The lowest BCUT2D eigenvalue weighted by molar-refractivity contribution is 0.102. The molecule has 0 spiro atoms. The molecule has 1 amide bonds. The molecule has 19 heavy (non-hydrogen) atoms. The molecule has 0 saturated heterocycles. The monoisotopic (exact) mass is 255 g/mol. The molecule has 0 aliphatic carbocycles. The van der Waals surface area contributed by atoms with Crippen LogP contribution in [-0.4, -0.2) is 15.9 Å². The predicted octanol–water partition coefficient (Wildman–Crippen LogP) is 2.96. The molecular formula is C15H17N3O. The summed E-state index contributed by atoms with van der Waals surface area (Å²) in [5.74, 6) is 0.493. The van der Waals surface area contributed by atoms with Crippen LogP contribution in [0.3, 0.4) is 0 Å². The number of carbonyl (C=O) groups excluding carboxylic acids is 1. The molecule has 0 aliphatic rings. The first-order valence-corrected chi connectivity index (χ1v) is 6.17. The van der Waals surface area contributed by atoms with Crippen LogP contribution in [0.25, 0.3) is 0 Å². The van der Waals surface area contributed by atoms with Crippen molar-refractivity contribution in [1.82, 2.24) is 9.97 Å². The molecular weight excluding hydrogens is 238 g/mol. The molecule has 0 unspecified atom stereocenters. The second kappa shape index (κ2) is 5.18. The molecule has 0 bridgehead atoms. The number of hydrogen-bond acceptors (Lipinski definition) is 3. The number of rotatable bonds is 2. The molecule has 1 aromatic heterocycles. The number of anilines is 1. The van der Waals surface area contributed by atoms with Crippen LogP contribution in [0.15, 0.2) is 24.4 Å². The van der Waals surface area contributed by atoms with Crippen LogP contribution in [0.1, 0.15) is 33.0 Å². The van der Waals surface area contributed by atoms with Gasteiger partial charge in [0.05, 0.1) is 11.3 Å². The van der Waals surface area contributed by atoms with E-state index in [1.54, 1.807) is 13.1 Å². The molecule has 1 heterocycles. The fraction of sp³-hybridized carbons (Fsp3) is 0.267. The van der Waals surface area contributed by atoms with Crippen molar-refractivity contribution in [2.45, 2.75) is 27.7 Å². The molecule has 0 saturated carbocycles. The van der Waals surface area contributed by atoms with Crippen LogP contribution < -0.4 is 5.32 Å². The van der Waals surface area contributed by atoms with E-state index in [9.17, 15) is 4.79 Å². The van der Waals surface area contributed by atoms with Gasteiger partial charge in [-0.2, -0.15) is 0 Å². The van der Waals surface area contributed by atoms with Crippen molar-refractivity contribution < 1.29 is 4.79 Å². The largest absolute Gasteiger partial charge is 0.322 e. The lowest BCUT2D eigenvalue weighted by Crippen LogP contribution is -2.16. The minimum absolute atomic E-state index is 0.175. The molecule has 4 heteroatoms. The molecule has 98 valence electrons. The number of nitrogens with one attached hydrogen (secondary N) is 1. The number of carbonyl (C=O) groups is 1. The molecule has 1 N–H and O–H groups in total. The Morgan fingerprint density at radius 2 is 1.89 bits per heavy atom. The van der Waals surface area contributed by atoms with Crippen LogP contribution in [0.4, 0.5) is 5.69 Å². The Morgan fingerprint density at radius 1 is 1.16 bits per heavy atom. The average molecular weight is 255 g/mol. The third kappa shape index (κ3) is 2.78. The summed E-state index contributed by atoms with van der Waals surface area (Å²) in [6.07, 6.45) is 1.57. The van der Waals surface area contributed by atoms with Crippen molar-refractivity contribution in [2.75, 3.05) is 5.32 Å². The molecule has 4 nitrogen and oxygen atoms in total. The summed E-state index contributed by atoms with van der Waals surface area (Å²) in [7, 11) is 0. The van der Waals surface area contributed by atoms with Crippen LogP contribution >= 0.6 is 0 Å². The predicted molar refractivity (Wildman–Crippen MR) is 75.4 cm³/mol. The highest BCUT2D eigenvalue weighted by Crippen LogP contribution is 2.19. The van der Waals surface area contributed by atoms with Gasteiger partial charge in [-0.05, 0) is 44.9 Å². The van der Waals surface area contributed by atoms with Gasteiger partial charge in [0, 0.05) is 11.9 Å². The zero-order chi connectivity index (χ0) is 14.0. The Balaban J connectivity index is 2.28. The maximum atomic E-state index is 12.2. The SMILES string of the molecule is Cc1ncc(C(=O)Nc2cccc(C)c2C)c(C)n1. The maximum absolute atomic E-state index is 12.2. The van der Waals surface area contributed by atoms with Crippen molar-refractivity contribution >= 4 is 11.6 Å². The van der Waals surface area contributed by atoms with Gasteiger partial charge in [0.2, 0.25) is 0 Å². The highest BCUT2D eigenvalue weighted by Gasteiger charge is 2.12. The Kier molecular flexibility index (Phi) is 3.60. The number of benzene rings is 1. The van der Waals surface area contributed by atoms with Gasteiger partial charge in [-0.25, -0.2) is 9.97 Å². The topological polar surface area (TPSA) is 54.9 Å². The smallest absolute Gasteiger partial charge is 0.259 e. The first-order valence-electron chi connectivity index (χ1n) is 6.17. The number of aryl methyl sites for hydroxylation is 3. The van der Waals surface area contributed by atoms with Gasteiger partial charge in [0.25, 0.3) is 5.91 Å². The van der Waals surface area contributed by atoms with Crippen LogP contribution in [0.2, 0.25) is 0 Å². The second-order valence-corrected chi connectivity index (χ2v) is 4.62. The van der Waals surface area contributed by atoms with E-state index in [0.29, 0.717) is 17.1 Å². The van der Waals surface area contributed by atoms with Crippen LogP contribution in [0, 0.1) is 27.7 Å². The van der Waals surface area contributed by atoms with Crippen LogP contribution in [-0.2, 0) is 0 Å². The summed E-state index contributed by atoms with van der Waals surface area (Å²) in [4.78, 5) is 20.5. The number of aromatic nitrogens is 2. The minimum Gasteiger partial charge on any atom is -0.322 e. The fourth-order valence-corrected chi connectivity index (χ4v) is 1.88. The van der Waals surface area contributed by atoms with Crippen molar-refractivity contribution in [2.24, 2.45) is 0 Å². The van der Waals surface area contributed by atoms with Crippen molar-refractivity contribution in [1.29, 1.82) is 0 Å². The van der Waals surface area contributed by atoms with E-state index in [4.69, 9.17) is 0 Å². The van der Waals surface area contributed by atoms with Gasteiger partial charge in [0.15, 0.2) is 0 Å². The second-order valence-electron chi connectivity index (χ2n) is 4.62. The Labute approximate surface area is 112 Å². The molecule has 0 atom stereocenters. The zero-order valence-electron chi connectivity index (χ0n) is 11.6. The zero-order valence-corrected chi connectivity index (χ0v) is 11.6. The summed E-state index contributed by atoms with van der Waals surface area (Å²) in [6, 6.07) is 5.84. The number of nitrogens with zero attached hydrogens (tertiary/aromatic N) is 2. The first kappa shape index (κ1) is 13.2. The van der Waals surface area contributed by atoms with E-state index < -0.39 is 0 Å². The molecule has 1 aromatic carbocycles. The van der Waals surface area contributed by atoms with E-state index in [2.05, 4.69) is 15.3 Å². The van der Waals surface area contributed by atoms with E-state index >= 15 is 0 Å². The van der Waals surface area contributed by atoms with Gasteiger partial charge in [-0.15, -0.1) is 0 Å². The molecule has 0 fully saturated rings.